The summed E-state index contributed by atoms with van der Waals surface area (Å²) in [6.45, 7) is 3.82. The minimum atomic E-state index is -3.52. The Balaban J connectivity index is 2.28. The molecule has 1 aromatic heterocycles. The van der Waals surface area contributed by atoms with E-state index in [0.717, 1.165) is 4.68 Å². The van der Waals surface area contributed by atoms with E-state index in [-0.39, 0.29) is 28.6 Å². The molecule has 1 aliphatic heterocycles. The zero-order chi connectivity index (χ0) is 20.7. The smallest absolute Gasteiger partial charge is 0.312 e. The predicted molar refractivity (Wildman–Crippen MR) is 83.4 cm³/mol. The Hall–Kier alpha value is -2.57. The fraction of sp³-hybridized carbons (Fsp3) is 0.643. The highest BCUT2D eigenvalue weighted by Gasteiger charge is 2.53. The summed E-state index contributed by atoms with van der Waals surface area (Å²) < 4.78 is 53.2. The fourth-order valence-electron chi connectivity index (χ4n) is 2.80. The second kappa shape index (κ2) is 7.21. The lowest BCUT2D eigenvalue weighted by molar-refractivity contribution is -0.386. The molecule has 1 amide bonds. The van der Waals surface area contributed by atoms with Gasteiger partial charge in [0.15, 0.2) is 0 Å². The molecule has 13 heteroatoms. The summed E-state index contributed by atoms with van der Waals surface area (Å²) in [5.74, 6) is -2.27. The van der Waals surface area contributed by atoms with Gasteiger partial charge in [-0.1, -0.05) is 6.92 Å². The second-order valence-electron chi connectivity index (χ2n) is 6.26. The summed E-state index contributed by atoms with van der Waals surface area (Å²) in [5.41, 5.74) is -4.21. The van der Waals surface area contributed by atoms with Gasteiger partial charge in [0.2, 0.25) is 11.6 Å². The Morgan fingerprint density at radius 2 is 1.96 bits per heavy atom. The molecule has 2 atom stereocenters. The molecule has 0 aromatic carbocycles. The molecule has 0 spiro atoms. The van der Waals surface area contributed by atoms with Crippen molar-refractivity contribution in [3.05, 3.63) is 21.5 Å². The predicted octanol–water partition coefficient (Wildman–Crippen LogP) is 1.85. The van der Waals surface area contributed by atoms with Crippen molar-refractivity contribution < 1.29 is 32.4 Å². The van der Waals surface area contributed by atoms with Gasteiger partial charge in [-0.25, -0.2) is 17.6 Å². The van der Waals surface area contributed by atoms with Crippen LogP contribution in [0.2, 0.25) is 0 Å². The summed E-state index contributed by atoms with van der Waals surface area (Å²) >= 11 is 0. The van der Waals surface area contributed by atoms with Crippen molar-refractivity contribution in [3.8, 4) is 0 Å². The number of nitrogens with zero attached hydrogens (tertiary/aromatic N) is 5. The summed E-state index contributed by atoms with van der Waals surface area (Å²) in [7, 11) is 0. The average Bonchev–Trinajstić information content (AvgIpc) is 3.05. The SMILES string of the molecule is Cc1nn(CC(C)C(=O)N2N=C(C(F)F)CC2(O)C(F)F)c(C)c1[N+](=O)[O-]. The summed E-state index contributed by atoms with van der Waals surface area (Å²) in [6.07, 6.45) is -7.91. The van der Waals surface area contributed by atoms with Crippen molar-refractivity contribution in [1.82, 2.24) is 14.8 Å². The first-order valence-electron chi connectivity index (χ1n) is 7.78. The van der Waals surface area contributed by atoms with E-state index in [1.54, 1.807) is 0 Å². The number of aryl methyl sites for hydroxylation is 1. The van der Waals surface area contributed by atoms with Gasteiger partial charge < -0.3 is 5.11 Å². The van der Waals surface area contributed by atoms with E-state index in [0.29, 0.717) is 0 Å². The third-order valence-corrected chi connectivity index (χ3v) is 4.24. The van der Waals surface area contributed by atoms with E-state index >= 15 is 0 Å². The highest BCUT2D eigenvalue weighted by atomic mass is 19.3. The van der Waals surface area contributed by atoms with Gasteiger partial charge >= 0.3 is 5.69 Å². The van der Waals surface area contributed by atoms with Crippen LogP contribution in [0.5, 0.6) is 0 Å². The van der Waals surface area contributed by atoms with Gasteiger partial charge in [0.25, 0.3) is 12.9 Å². The number of aliphatic hydroxyl groups is 1. The Kier molecular flexibility index (Phi) is 5.54. The number of carbonyl (C=O) groups excluding carboxylic acids is 1. The normalized spacial score (nSPS) is 21.1. The van der Waals surface area contributed by atoms with Gasteiger partial charge in [0.05, 0.1) is 17.4 Å². The van der Waals surface area contributed by atoms with Crippen LogP contribution in [-0.4, -0.2) is 55.0 Å². The first-order valence-corrected chi connectivity index (χ1v) is 7.78. The van der Waals surface area contributed by atoms with E-state index in [1.807, 2.05) is 0 Å². The number of hydrogen-bond donors (Lipinski definition) is 1. The Morgan fingerprint density at radius 3 is 2.41 bits per heavy atom. The molecule has 0 radical (unpaired) electrons. The molecule has 1 aromatic rings. The summed E-state index contributed by atoms with van der Waals surface area (Å²) in [6, 6.07) is 0. The Morgan fingerprint density at radius 1 is 1.37 bits per heavy atom. The van der Waals surface area contributed by atoms with Crippen molar-refractivity contribution in [1.29, 1.82) is 0 Å². The van der Waals surface area contributed by atoms with Gasteiger partial charge in [-0.15, -0.1) is 0 Å². The number of carbonyl (C=O) groups is 1. The number of hydrazone groups is 1. The van der Waals surface area contributed by atoms with Gasteiger partial charge in [0, 0.05) is 6.42 Å². The lowest BCUT2D eigenvalue weighted by Crippen LogP contribution is -2.53. The first kappa shape index (κ1) is 20.7. The van der Waals surface area contributed by atoms with Crippen molar-refractivity contribution >= 4 is 17.3 Å². The number of halogens is 4. The van der Waals surface area contributed by atoms with Crippen molar-refractivity contribution in [2.45, 2.75) is 52.3 Å². The van der Waals surface area contributed by atoms with Crippen LogP contribution in [0.1, 0.15) is 24.7 Å². The zero-order valence-electron chi connectivity index (χ0n) is 14.6. The molecule has 27 heavy (non-hydrogen) atoms. The molecule has 2 heterocycles. The van der Waals surface area contributed by atoms with Crippen LogP contribution in [0.3, 0.4) is 0 Å². The maximum Gasteiger partial charge on any atom is 0.312 e. The van der Waals surface area contributed by atoms with Gasteiger partial charge in [-0.2, -0.15) is 15.2 Å². The quantitative estimate of drug-likeness (QED) is 0.449. The van der Waals surface area contributed by atoms with Crippen LogP contribution in [0.4, 0.5) is 23.2 Å². The largest absolute Gasteiger partial charge is 0.364 e. The topological polar surface area (TPSA) is 114 Å². The number of nitro groups is 1. The van der Waals surface area contributed by atoms with E-state index in [4.69, 9.17) is 0 Å². The molecule has 150 valence electrons. The molecule has 1 aliphatic rings. The molecular weight excluding hydrogens is 378 g/mol. The molecule has 2 unspecified atom stereocenters. The fourth-order valence-corrected chi connectivity index (χ4v) is 2.80. The van der Waals surface area contributed by atoms with Crippen molar-refractivity contribution in [3.63, 3.8) is 0 Å². The molecule has 2 rings (SSSR count). The summed E-state index contributed by atoms with van der Waals surface area (Å²) in [5, 5.41) is 28.1. The van der Waals surface area contributed by atoms with Gasteiger partial charge in [0.1, 0.15) is 17.1 Å². The number of rotatable bonds is 6. The minimum Gasteiger partial charge on any atom is -0.364 e. The lowest BCUT2D eigenvalue weighted by atomic mass is 10.1. The van der Waals surface area contributed by atoms with E-state index < -0.39 is 47.5 Å². The molecular formula is C14H17F4N5O4. The zero-order valence-corrected chi connectivity index (χ0v) is 14.6. The minimum absolute atomic E-state index is 0.0239. The number of hydrogen-bond acceptors (Lipinski definition) is 6. The molecule has 0 fully saturated rings. The third-order valence-electron chi connectivity index (χ3n) is 4.24. The third kappa shape index (κ3) is 3.63. The van der Waals surface area contributed by atoms with Crippen molar-refractivity contribution in [2.24, 2.45) is 11.0 Å². The number of amides is 1. The van der Waals surface area contributed by atoms with Crippen molar-refractivity contribution in [2.75, 3.05) is 0 Å². The van der Waals surface area contributed by atoms with Crippen LogP contribution in [0.15, 0.2) is 5.10 Å². The van der Waals surface area contributed by atoms with Crippen LogP contribution in [0, 0.1) is 29.9 Å². The van der Waals surface area contributed by atoms with E-state index in [1.165, 1.54) is 20.8 Å². The highest BCUT2D eigenvalue weighted by Crippen LogP contribution is 2.34. The van der Waals surface area contributed by atoms with Crippen LogP contribution < -0.4 is 0 Å². The standard InChI is InChI=1S/C14H17F4N5O4/c1-6(5-21-8(3)10(23(26)27)7(2)19-21)12(24)22-14(25,13(17)18)4-9(20-22)11(15)16/h6,11,13,25H,4-5H2,1-3H3. The Labute approximate surface area is 150 Å². The molecule has 0 saturated heterocycles. The van der Waals surface area contributed by atoms with Crippen LogP contribution >= 0.6 is 0 Å². The highest BCUT2D eigenvalue weighted by molar-refractivity contribution is 5.93. The molecule has 0 saturated carbocycles. The maximum atomic E-state index is 13.2. The monoisotopic (exact) mass is 395 g/mol. The van der Waals surface area contributed by atoms with Crippen LogP contribution in [-0.2, 0) is 11.3 Å². The van der Waals surface area contributed by atoms with E-state index in [2.05, 4.69) is 10.2 Å². The average molecular weight is 395 g/mol. The number of aromatic nitrogens is 2. The molecule has 0 bridgehead atoms. The van der Waals surface area contributed by atoms with Gasteiger partial charge in [-0.3, -0.25) is 19.6 Å². The van der Waals surface area contributed by atoms with Crippen LogP contribution in [0.25, 0.3) is 0 Å². The number of alkyl halides is 4. The first-order chi connectivity index (χ1) is 12.4. The molecule has 0 aliphatic carbocycles. The maximum absolute atomic E-state index is 13.2. The second-order valence-corrected chi connectivity index (χ2v) is 6.26. The Bertz CT molecular complexity index is 797. The lowest BCUT2D eigenvalue weighted by Gasteiger charge is -2.31. The van der Waals surface area contributed by atoms with Gasteiger partial charge in [-0.05, 0) is 13.8 Å². The molecule has 9 nitrogen and oxygen atoms in total. The van der Waals surface area contributed by atoms with E-state index in [9.17, 15) is 37.6 Å². The molecule has 1 N–H and O–H groups in total. The summed E-state index contributed by atoms with van der Waals surface area (Å²) in [4.78, 5) is 22.9.